The summed E-state index contributed by atoms with van der Waals surface area (Å²) in [6.07, 6.45) is 7.27. The molecule has 1 unspecified atom stereocenters. The number of nitrogens with zero attached hydrogens (tertiary/aromatic N) is 3. The lowest BCUT2D eigenvalue weighted by Gasteiger charge is -2.27. The minimum absolute atomic E-state index is 0.397. The van der Waals surface area contributed by atoms with Crippen LogP contribution in [0.1, 0.15) is 40.5 Å². The highest BCUT2D eigenvalue weighted by Gasteiger charge is 2.26. The average Bonchev–Trinajstić information content (AvgIpc) is 2.91. The van der Waals surface area contributed by atoms with E-state index in [1.54, 1.807) is 6.20 Å². The number of carbonyl (C=O) groups is 1. The average molecular weight is 360 g/mol. The smallest absolute Gasteiger partial charge is 0.320 e. The van der Waals surface area contributed by atoms with Crippen LogP contribution in [0.2, 0.25) is 0 Å². The van der Waals surface area contributed by atoms with Gasteiger partial charge in [0, 0.05) is 32.4 Å². The Bertz CT molecular complexity index is 699. The number of pyridine rings is 1. The molecule has 5 nitrogen and oxygen atoms in total. The zero-order valence-electron chi connectivity index (χ0n) is 16.6. The molecule has 1 aromatic rings. The first kappa shape index (κ1) is 21.9. The van der Waals surface area contributed by atoms with E-state index in [1.165, 1.54) is 0 Å². The van der Waals surface area contributed by atoms with E-state index < -0.39 is 12.0 Å². The van der Waals surface area contributed by atoms with Gasteiger partial charge >= 0.3 is 5.97 Å². The summed E-state index contributed by atoms with van der Waals surface area (Å²) in [7, 11) is 0. The lowest BCUT2D eigenvalue weighted by atomic mass is 10.2. The summed E-state index contributed by atoms with van der Waals surface area (Å²) in [5.74, 6) is -0.730. The van der Waals surface area contributed by atoms with E-state index in [0.29, 0.717) is 6.42 Å². The zero-order chi connectivity index (χ0) is 19.5. The first-order chi connectivity index (χ1) is 12.6. The van der Waals surface area contributed by atoms with Crippen LogP contribution in [0.3, 0.4) is 0 Å². The van der Waals surface area contributed by atoms with Crippen molar-refractivity contribution in [1.82, 2.24) is 14.8 Å². The van der Waals surface area contributed by atoms with Crippen molar-refractivity contribution in [3.8, 4) is 0 Å². The van der Waals surface area contributed by atoms with Crippen molar-refractivity contribution in [2.24, 2.45) is 0 Å². The Labute approximate surface area is 157 Å². The predicted octanol–water partition coefficient (Wildman–Crippen LogP) is 2.07. The maximum Gasteiger partial charge on any atom is 0.320 e. The standard InChI is InChI=1S/C19H27N3O2.C2H6/c1-4-15-9-7-10-20-18(15)16(5-2)21-11-8-12-22(14-13-21)17(6-3)19(23)24;1-2/h4-5,7,9-10,17H,2,6,8,11-14H2,1,3H3,(H,23,24);1-2H3/b15-4-,18-16-;. The maximum atomic E-state index is 11.4. The third kappa shape index (κ3) is 5.43. The largest absolute Gasteiger partial charge is 0.480 e. The van der Waals surface area contributed by atoms with Gasteiger partial charge in [0.25, 0.3) is 0 Å². The highest BCUT2D eigenvalue weighted by molar-refractivity contribution is 5.73. The SMILES string of the molecule is C=C/C(=c1/nccc/c1=C/C)N1CCCN(C(CC)C(=O)O)CC1.CC. The van der Waals surface area contributed by atoms with Crippen molar-refractivity contribution in [2.45, 2.75) is 46.6 Å². The molecule has 1 fully saturated rings. The number of aliphatic carboxylic acids is 1. The van der Waals surface area contributed by atoms with E-state index >= 15 is 0 Å². The van der Waals surface area contributed by atoms with E-state index in [1.807, 2.05) is 52.0 Å². The molecular formula is C21H33N3O2. The van der Waals surface area contributed by atoms with Gasteiger partial charge in [-0.3, -0.25) is 14.7 Å². The second kappa shape index (κ2) is 11.5. The fourth-order valence-electron chi connectivity index (χ4n) is 3.32. The Morgan fingerprint density at radius 2 is 2.08 bits per heavy atom. The fraction of sp³-hybridized carbons (Fsp3) is 0.524. The third-order valence-corrected chi connectivity index (χ3v) is 4.57. The van der Waals surface area contributed by atoms with Crippen LogP contribution in [0, 0.1) is 0 Å². The van der Waals surface area contributed by atoms with Gasteiger partial charge in [0.2, 0.25) is 0 Å². The maximum absolute atomic E-state index is 11.4. The Hall–Kier alpha value is -2.14. The van der Waals surface area contributed by atoms with Crippen LogP contribution in [-0.4, -0.2) is 58.1 Å². The Balaban J connectivity index is 0.00000163. The number of rotatable bonds is 5. The van der Waals surface area contributed by atoms with Gasteiger partial charge in [-0.25, -0.2) is 0 Å². The van der Waals surface area contributed by atoms with Crippen LogP contribution < -0.4 is 10.6 Å². The summed E-state index contributed by atoms with van der Waals surface area (Å²) in [6.45, 7) is 15.1. The Morgan fingerprint density at radius 3 is 2.65 bits per heavy atom. The van der Waals surface area contributed by atoms with Crippen molar-refractivity contribution in [3.05, 3.63) is 41.6 Å². The number of carboxylic acids is 1. The number of hydrogen-bond acceptors (Lipinski definition) is 4. The van der Waals surface area contributed by atoms with Crippen molar-refractivity contribution >= 4 is 17.7 Å². The first-order valence-corrected chi connectivity index (χ1v) is 9.58. The molecule has 5 heteroatoms. The van der Waals surface area contributed by atoms with E-state index in [-0.39, 0.29) is 0 Å². The molecule has 1 aliphatic rings. The van der Waals surface area contributed by atoms with Crippen LogP contribution in [0.25, 0.3) is 11.8 Å². The third-order valence-electron chi connectivity index (χ3n) is 4.57. The molecule has 1 aliphatic heterocycles. The molecule has 1 N–H and O–H groups in total. The van der Waals surface area contributed by atoms with Gasteiger partial charge in [0.1, 0.15) is 6.04 Å². The van der Waals surface area contributed by atoms with Gasteiger partial charge in [-0.2, -0.15) is 0 Å². The number of aromatic nitrogens is 1. The lowest BCUT2D eigenvalue weighted by Crippen LogP contribution is -2.43. The summed E-state index contributed by atoms with van der Waals surface area (Å²) in [4.78, 5) is 20.3. The van der Waals surface area contributed by atoms with Crippen LogP contribution in [0.5, 0.6) is 0 Å². The van der Waals surface area contributed by atoms with Crippen molar-refractivity contribution in [2.75, 3.05) is 26.2 Å². The van der Waals surface area contributed by atoms with Crippen molar-refractivity contribution < 1.29 is 9.90 Å². The molecule has 1 saturated heterocycles. The van der Waals surface area contributed by atoms with Crippen LogP contribution >= 0.6 is 0 Å². The summed E-state index contributed by atoms with van der Waals surface area (Å²) in [5, 5.41) is 11.4. The molecule has 0 aliphatic carbocycles. The Kier molecular flexibility index (Phi) is 9.66. The highest BCUT2D eigenvalue weighted by atomic mass is 16.4. The summed E-state index contributed by atoms with van der Waals surface area (Å²) in [5.41, 5.74) is 1.02. The molecule has 0 saturated carbocycles. The number of hydrogen-bond donors (Lipinski definition) is 1. The molecular weight excluding hydrogens is 326 g/mol. The predicted molar refractivity (Wildman–Crippen MR) is 108 cm³/mol. The van der Waals surface area contributed by atoms with E-state index in [9.17, 15) is 9.90 Å². The van der Waals surface area contributed by atoms with E-state index in [4.69, 9.17) is 0 Å². The normalized spacial score (nSPS) is 18.3. The van der Waals surface area contributed by atoms with Crippen LogP contribution in [0.15, 0.2) is 31.0 Å². The van der Waals surface area contributed by atoms with Crippen molar-refractivity contribution in [3.63, 3.8) is 0 Å². The second-order valence-corrected chi connectivity index (χ2v) is 5.96. The number of carboxylic acid groups (broad SMARTS) is 1. The lowest BCUT2D eigenvalue weighted by molar-refractivity contribution is -0.143. The first-order valence-electron chi connectivity index (χ1n) is 9.58. The molecule has 144 valence electrons. The van der Waals surface area contributed by atoms with Gasteiger partial charge in [0.15, 0.2) is 0 Å². The molecule has 0 amide bonds. The molecule has 0 aromatic carbocycles. The van der Waals surface area contributed by atoms with Gasteiger partial charge in [-0.05, 0) is 37.1 Å². The molecule has 2 heterocycles. The molecule has 0 spiro atoms. The van der Waals surface area contributed by atoms with Gasteiger partial charge in [0.05, 0.1) is 11.0 Å². The quantitative estimate of drug-likeness (QED) is 0.872. The van der Waals surface area contributed by atoms with E-state index in [2.05, 4.69) is 21.4 Å². The topological polar surface area (TPSA) is 56.7 Å². The van der Waals surface area contributed by atoms with Gasteiger partial charge < -0.3 is 10.0 Å². The summed E-state index contributed by atoms with van der Waals surface area (Å²) >= 11 is 0. The minimum Gasteiger partial charge on any atom is -0.480 e. The minimum atomic E-state index is -0.730. The van der Waals surface area contributed by atoms with E-state index in [0.717, 1.165) is 48.9 Å². The second-order valence-electron chi connectivity index (χ2n) is 5.96. The molecule has 0 radical (unpaired) electrons. The molecule has 2 rings (SSSR count). The summed E-state index contributed by atoms with van der Waals surface area (Å²) < 4.78 is 0. The van der Waals surface area contributed by atoms with Crippen LogP contribution in [-0.2, 0) is 4.79 Å². The summed E-state index contributed by atoms with van der Waals surface area (Å²) in [6, 6.07) is 3.59. The zero-order valence-corrected chi connectivity index (χ0v) is 16.6. The molecule has 0 bridgehead atoms. The molecule has 1 atom stereocenters. The Morgan fingerprint density at radius 1 is 1.35 bits per heavy atom. The van der Waals surface area contributed by atoms with Gasteiger partial charge in [-0.15, -0.1) is 0 Å². The fourth-order valence-corrected chi connectivity index (χ4v) is 3.32. The van der Waals surface area contributed by atoms with Gasteiger partial charge in [-0.1, -0.05) is 39.5 Å². The van der Waals surface area contributed by atoms with Crippen LogP contribution in [0.4, 0.5) is 0 Å². The molecule has 1 aromatic heterocycles. The monoisotopic (exact) mass is 359 g/mol. The van der Waals surface area contributed by atoms with Crippen molar-refractivity contribution in [1.29, 1.82) is 0 Å². The molecule has 26 heavy (non-hydrogen) atoms. The highest BCUT2D eigenvalue weighted by Crippen LogP contribution is 2.14.